The first-order valence-electron chi connectivity index (χ1n) is 7.56. The summed E-state index contributed by atoms with van der Waals surface area (Å²) in [6.45, 7) is 2.89. The molecule has 1 amide bonds. The van der Waals surface area contributed by atoms with Crippen LogP contribution in [0.1, 0.15) is 12.5 Å². The number of carbonyl (C=O) groups is 1. The van der Waals surface area contributed by atoms with Gasteiger partial charge in [0.05, 0.1) is 0 Å². The van der Waals surface area contributed by atoms with Crippen LogP contribution in [-0.2, 0) is 11.2 Å². The maximum Gasteiger partial charge on any atom is 0.227 e. The first-order valence-corrected chi connectivity index (χ1v) is 8.36. The predicted octanol–water partition coefficient (Wildman–Crippen LogP) is 3.60. The van der Waals surface area contributed by atoms with Crippen molar-refractivity contribution in [1.82, 2.24) is 0 Å². The molecular weight excluding hydrogens is 356 g/mol. The SMILES string of the molecule is CC(Cc1ccc(Br)cc1)C(=O)Nc1ccc(OCCN)cc1. The Labute approximate surface area is 145 Å². The molecule has 2 aromatic rings. The minimum absolute atomic E-state index is 0.00328. The fourth-order valence-corrected chi connectivity index (χ4v) is 2.41. The van der Waals surface area contributed by atoms with Gasteiger partial charge in [-0.05, 0) is 48.4 Å². The molecule has 0 spiro atoms. The van der Waals surface area contributed by atoms with Gasteiger partial charge in [0.1, 0.15) is 12.4 Å². The summed E-state index contributed by atoms with van der Waals surface area (Å²) < 4.78 is 6.45. The highest BCUT2D eigenvalue weighted by molar-refractivity contribution is 9.10. The van der Waals surface area contributed by atoms with E-state index in [1.165, 1.54) is 0 Å². The fourth-order valence-electron chi connectivity index (χ4n) is 2.14. The third kappa shape index (κ3) is 5.69. The molecule has 0 radical (unpaired) electrons. The van der Waals surface area contributed by atoms with Crippen molar-refractivity contribution >= 4 is 27.5 Å². The van der Waals surface area contributed by atoms with Gasteiger partial charge < -0.3 is 15.8 Å². The molecule has 0 aliphatic heterocycles. The number of rotatable bonds is 7. The lowest BCUT2D eigenvalue weighted by atomic mass is 10.0. The van der Waals surface area contributed by atoms with Crippen LogP contribution in [0.2, 0.25) is 0 Å². The monoisotopic (exact) mass is 376 g/mol. The maximum atomic E-state index is 12.3. The summed E-state index contributed by atoms with van der Waals surface area (Å²) in [5.41, 5.74) is 7.29. The number of amides is 1. The van der Waals surface area contributed by atoms with Crippen molar-refractivity contribution in [3.05, 3.63) is 58.6 Å². The Morgan fingerprint density at radius 3 is 2.43 bits per heavy atom. The normalized spacial score (nSPS) is 11.8. The van der Waals surface area contributed by atoms with E-state index in [-0.39, 0.29) is 11.8 Å². The summed E-state index contributed by atoms with van der Waals surface area (Å²) in [7, 11) is 0. The molecule has 0 saturated carbocycles. The van der Waals surface area contributed by atoms with Gasteiger partial charge in [0.15, 0.2) is 0 Å². The molecule has 0 saturated heterocycles. The highest BCUT2D eigenvalue weighted by Crippen LogP contribution is 2.18. The third-order valence-corrected chi connectivity index (χ3v) is 3.94. The standard InChI is InChI=1S/C18H21BrN2O2/c1-13(12-14-2-4-15(19)5-3-14)18(22)21-16-6-8-17(9-7-16)23-11-10-20/h2-9,13H,10-12,20H2,1H3,(H,21,22). The average Bonchev–Trinajstić information content (AvgIpc) is 2.56. The third-order valence-electron chi connectivity index (χ3n) is 3.41. The molecule has 0 bridgehead atoms. The summed E-state index contributed by atoms with van der Waals surface area (Å²) in [6, 6.07) is 15.3. The molecule has 5 heteroatoms. The minimum atomic E-state index is -0.107. The number of benzene rings is 2. The number of hydrogen-bond acceptors (Lipinski definition) is 3. The Kier molecular flexibility index (Phi) is 6.62. The molecular formula is C18H21BrN2O2. The Hall–Kier alpha value is -1.85. The fraction of sp³-hybridized carbons (Fsp3) is 0.278. The number of nitrogens with two attached hydrogens (primary N) is 1. The minimum Gasteiger partial charge on any atom is -0.492 e. The van der Waals surface area contributed by atoms with E-state index in [9.17, 15) is 4.79 Å². The van der Waals surface area contributed by atoms with Gasteiger partial charge >= 0.3 is 0 Å². The van der Waals surface area contributed by atoms with E-state index in [0.29, 0.717) is 19.6 Å². The highest BCUT2D eigenvalue weighted by Gasteiger charge is 2.13. The van der Waals surface area contributed by atoms with Gasteiger partial charge in [0.25, 0.3) is 0 Å². The van der Waals surface area contributed by atoms with Crippen molar-refractivity contribution in [2.45, 2.75) is 13.3 Å². The van der Waals surface area contributed by atoms with Crippen molar-refractivity contribution < 1.29 is 9.53 Å². The maximum absolute atomic E-state index is 12.3. The van der Waals surface area contributed by atoms with Gasteiger partial charge in [0.2, 0.25) is 5.91 Å². The highest BCUT2D eigenvalue weighted by atomic mass is 79.9. The Bertz CT molecular complexity index is 626. The van der Waals surface area contributed by atoms with E-state index in [1.807, 2.05) is 55.5 Å². The van der Waals surface area contributed by atoms with Gasteiger partial charge in [-0.1, -0.05) is 35.0 Å². The molecule has 0 aromatic heterocycles. The second kappa shape index (κ2) is 8.70. The van der Waals surface area contributed by atoms with Crippen molar-refractivity contribution in [2.24, 2.45) is 11.7 Å². The topological polar surface area (TPSA) is 64.3 Å². The number of ether oxygens (including phenoxy) is 1. The van der Waals surface area contributed by atoms with Gasteiger partial charge in [-0.2, -0.15) is 0 Å². The van der Waals surface area contributed by atoms with Crippen LogP contribution in [0.5, 0.6) is 5.75 Å². The summed E-state index contributed by atoms with van der Waals surface area (Å²) in [5, 5.41) is 2.93. The van der Waals surface area contributed by atoms with E-state index in [2.05, 4.69) is 21.2 Å². The molecule has 122 valence electrons. The first-order chi connectivity index (χ1) is 11.1. The van der Waals surface area contributed by atoms with Crippen LogP contribution >= 0.6 is 15.9 Å². The number of halogens is 1. The number of anilines is 1. The largest absolute Gasteiger partial charge is 0.492 e. The average molecular weight is 377 g/mol. The van der Waals surface area contributed by atoms with Gasteiger partial charge in [-0.3, -0.25) is 4.79 Å². The Balaban J connectivity index is 1.88. The lowest BCUT2D eigenvalue weighted by molar-refractivity contribution is -0.119. The van der Waals surface area contributed by atoms with E-state index >= 15 is 0 Å². The molecule has 0 heterocycles. The lowest BCUT2D eigenvalue weighted by Crippen LogP contribution is -2.22. The molecule has 3 N–H and O–H groups in total. The Morgan fingerprint density at radius 2 is 1.83 bits per heavy atom. The quantitative estimate of drug-likeness (QED) is 0.775. The summed E-state index contributed by atoms with van der Waals surface area (Å²) in [6.07, 6.45) is 0.705. The molecule has 0 fully saturated rings. The molecule has 0 aliphatic carbocycles. The van der Waals surface area contributed by atoms with Crippen LogP contribution in [0, 0.1) is 5.92 Å². The summed E-state index contributed by atoms with van der Waals surface area (Å²) in [4.78, 5) is 12.3. The van der Waals surface area contributed by atoms with Crippen LogP contribution in [0.3, 0.4) is 0 Å². The van der Waals surface area contributed by atoms with E-state index in [4.69, 9.17) is 10.5 Å². The second-order valence-corrected chi connectivity index (χ2v) is 6.30. The zero-order chi connectivity index (χ0) is 16.7. The zero-order valence-electron chi connectivity index (χ0n) is 13.1. The molecule has 1 atom stereocenters. The summed E-state index contributed by atoms with van der Waals surface area (Å²) in [5.74, 6) is 0.643. The molecule has 1 unspecified atom stereocenters. The van der Waals surface area contributed by atoms with Crippen molar-refractivity contribution in [3.8, 4) is 5.75 Å². The summed E-state index contributed by atoms with van der Waals surface area (Å²) >= 11 is 3.41. The lowest BCUT2D eigenvalue weighted by Gasteiger charge is -2.13. The van der Waals surface area contributed by atoms with Crippen LogP contribution in [-0.4, -0.2) is 19.1 Å². The van der Waals surface area contributed by atoms with E-state index in [0.717, 1.165) is 21.5 Å². The Morgan fingerprint density at radius 1 is 1.17 bits per heavy atom. The molecule has 2 aromatic carbocycles. The zero-order valence-corrected chi connectivity index (χ0v) is 14.7. The molecule has 4 nitrogen and oxygen atoms in total. The van der Waals surface area contributed by atoms with Crippen molar-refractivity contribution in [2.75, 3.05) is 18.5 Å². The van der Waals surface area contributed by atoms with E-state index < -0.39 is 0 Å². The van der Waals surface area contributed by atoms with Gasteiger partial charge in [0, 0.05) is 22.6 Å². The smallest absolute Gasteiger partial charge is 0.227 e. The van der Waals surface area contributed by atoms with Crippen LogP contribution < -0.4 is 15.8 Å². The van der Waals surface area contributed by atoms with Crippen molar-refractivity contribution in [3.63, 3.8) is 0 Å². The second-order valence-electron chi connectivity index (χ2n) is 5.38. The van der Waals surface area contributed by atoms with Gasteiger partial charge in [-0.25, -0.2) is 0 Å². The predicted molar refractivity (Wildman–Crippen MR) is 96.6 cm³/mol. The number of carbonyl (C=O) groups excluding carboxylic acids is 1. The van der Waals surface area contributed by atoms with Crippen LogP contribution in [0.25, 0.3) is 0 Å². The van der Waals surface area contributed by atoms with Crippen LogP contribution in [0.4, 0.5) is 5.69 Å². The molecule has 0 aliphatic rings. The number of hydrogen-bond donors (Lipinski definition) is 2. The first kappa shape index (κ1) is 17.5. The van der Waals surface area contributed by atoms with Crippen LogP contribution in [0.15, 0.2) is 53.0 Å². The van der Waals surface area contributed by atoms with Gasteiger partial charge in [-0.15, -0.1) is 0 Å². The molecule has 2 rings (SSSR count). The molecule has 23 heavy (non-hydrogen) atoms. The van der Waals surface area contributed by atoms with Crippen molar-refractivity contribution in [1.29, 1.82) is 0 Å². The van der Waals surface area contributed by atoms with E-state index in [1.54, 1.807) is 0 Å². The number of nitrogens with one attached hydrogen (secondary N) is 1.